The van der Waals surface area contributed by atoms with E-state index >= 15 is 0 Å². The first-order valence-corrected chi connectivity index (χ1v) is 5.19. The van der Waals surface area contributed by atoms with Gasteiger partial charge in [0.2, 0.25) is 5.91 Å². The maximum Gasteiger partial charge on any atom is 0.221 e. The third-order valence-electron chi connectivity index (χ3n) is 2.09. The fourth-order valence-corrected chi connectivity index (χ4v) is 1.27. The maximum atomic E-state index is 11.2. The number of nitrogens with one attached hydrogen (secondary N) is 2. The van der Waals surface area contributed by atoms with E-state index in [1.165, 1.54) is 0 Å². The highest BCUT2D eigenvalue weighted by molar-refractivity contribution is 5.76. The molecule has 1 aromatic rings. The fraction of sp³-hybridized carbons (Fsp3) is 0.545. The van der Waals surface area contributed by atoms with Crippen molar-refractivity contribution in [1.82, 2.24) is 10.6 Å². The van der Waals surface area contributed by atoms with Crippen molar-refractivity contribution in [2.45, 2.75) is 19.8 Å². The second-order valence-corrected chi connectivity index (χ2v) is 3.47. The minimum Gasteiger partial charge on any atom is -0.466 e. The zero-order valence-corrected chi connectivity index (χ0v) is 9.30. The lowest BCUT2D eigenvalue weighted by Crippen LogP contribution is -2.28. The molecule has 1 heterocycles. The van der Waals surface area contributed by atoms with E-state index in [2.05, 4.69) is 10.6 Å². The highest BCUT2D eigenvalue weighted by Gasteiger charge is 2.01. The molecule has 0 aromatic carbocycles. The Kier molecular flexibility index (Phi) is 4.90. The largest absolute Gasteiger partial charge is 0.466 e. The summed E-state index contributed by atoms with van der Waals surface area (Å²) in [5.74, 6) is 1.90. The molecule has 0 fully saturated rings. The molecule has 0 aliphatic rings. The van der Waals surface area contributed by atoms with Crippen molar-refractivity contribution in [3.8, 4) is 0 Å². The topological polar surface area (TPSA) is 54.3 Å². The lowest BCUT2D eigenvalue weighted by molar-refractivity contribution is -0.120. The third kappa shape index (κ3) is 4.65. The smallest absolute Gasteiger partial charge is 0.221 e. The van der Waals surface area contributed by atoms with Gasteiger partial charge < -0.3 is 15.1 Å². The summed E-state index contributed by atoms with van der Waals surface area (Å²) in [5, 5.41) is 5.77. The number of aryl methyl sites for hydroxylation is 1. The Morgan fingerprint density at radius 2 is 2.20 bits per heavy atom. The van der Waals surface area contributed by atoms with E-state index in [4.69, 9.17) is 4.42 Å². The summed E-state index contributed by atoms with van der Waals surface area (Å²) in [5.41, 5.74) is 0. The quantitative estimate of drug-likeness (QED) is 0.732. The molecule has 0 aliphatic carbocycles. The summed E-state index contributed by atoms with van der Waals surface area (Å²) in [6.45, 7) is 3.26. The van der Waals surface area contributed by atoms with Crippen LogP contribution in [0, 0.1) is 6.92 Å². The second-order valence-electron chi connectivity index (χ2n) is 3.47. The van der Waals surface area contributed by atoms with E-state index in [0.717, 1.165) is 17.9 Å². The number of carbonyl (C=O) groups is 1. The number of carbonyl (C=O) groups excluding carboxylic acids is 1. The molecule has 84 valence electrons. The van der Waals surface area contributed by atoms with Crippen molar-refractivity contribution in [2.24, 2.45) is 0 Å². The molecule has 0 aliphatic heterocycles. The molecule has 0 atom stereocenters. The average Bonchev–Trinajstić information content (AvgIpc) is 2.61. The Hall–Kier alpha value is -1.29. The van der Waals surface area contributed by atoms with Crippen molar-refractivity contribution >= 4 is 5.91 Å². The molecule has 0 saturated heterocycles. The zero-order valence-electron chi connectivity index (χ0n) is 9.30. The van der Waals surface area contributed by atoms with E-state index in [0.29, 0.717) is 19.5 Å². The van der Waals surface area contributed by atoms with Gasteiger partial charge in [-0.3, -0.25) is 4.79 Å². The molecule has 2 N–H and O–H groups in total. The lowest BCUT2D eigenvalue weighted by Gasteiger charge is -2.03. The molecule has 4 nitrogen and oxygen atoms in total. The first-order chi connectivity index (χ1) is 7.22. The van der Waals surface area contributed by atoms with Gasteiger partial charge in [0.15, 0.2) is 0 Å². The second kappa shape index (κ2) is 6.24. The van der Waals surface area contributed by atoms with Crippen molar-refractivity contribution in [3.63, 3.8) is 0 Å². The standard InChI is InChI=1S/C11H18N2O2/c1-9-3-4-10(15-9)5-8-13-11(14)6-7-12-2/h3-4,12H,5-8H2,1-2H3,(H,13,14). The van der Waals surface area contributed by atoms with Crippen LogP contribution in [0.1, 0.15) is 17.9 Å². The molecule has 1 rings (SSSR count). The molecule has 1 amide bonds. The van der Waals surface area contributed by atoms with Crippen LogP contribution in [0.4, 0.5) is 0 Å². The first-order valence-electron chi connectivity index (χ1n) is 5.19. The lowest BCUT2D eigenvalue weighted by atomic mass is 10.3. The Balaban J connectivity index is 2.13. The first kappa shape index (κ1) is 11.8. The highest BCUT2D eigenvalue weighted by Crippen LogP contribution is 2.05. The number of hydrogen-bond donors (Lipinski definition) is 2. The molecule has 0 bridgehead atoms. The van der Waals surface area contributed by atoms with E-state index < -0.39 is 0 Å². The molecule has 1 aromatic heterocycles. The molecular weight excluding hydrogens is 192 g/mol. The molecule has 0 saturated carbocycles. The Morgan fingerprint density at radius 3 is 2.80 bits per heavy atom. The van der Waals surface area contributed by atoms with Crippen molar-refractivity contribution in [3.05, 3.63) is 23.7 Å². The van der Waals surface area contributed by atoms with Crippen molar-refractivity contribution in [1.29, 1.82) is 0 Å². The van der Waals surface area contributed by atoms with Crippen LogP contribution < -0.4 is 10.6 Å². The SMILES string of the molecule is CNCCC(=O)NCCc1ccc(C)o1. The summed E-state index contributed by atoms with van der Waals surface area (Å²) in [6.07, 6.45) is 1.27. The Labute approximate surface area is 90.0 Å². The molecule has 0 spiro atoms. The molecule has 4 heteroatoms. The summed E-state index contributed by atoms with van der Waals surface area (Å²) < 4.78 is 5.38. The van der Waals surface area contributed by atoms with Gasteiger partial charge in [-0.25, -0.2) is 0 Å². The van der Waals surface area contributed by atoms with Gasteiger partial charge >= 0.3 is 0 Å². The fourth-order valence-electron chi connectivity index (χ4n) is 1.27. The van der Waals surface area contributed by atoms with Crippen LogP contribution in [0.25, 0.3) is 0 Å². The van der Waals surface area contributed by atoms with Gasteiger partial charge in [0.25, 0.3) is 0 Å². The molecule has 15 heavy (non-hydrogen) atoms. The van der Waals surface area contributed by atoms with Gasteiger partial charge in [-0.1, -0.05) is 0 Å². The number of hydrogen-bond acceptors (Lipinski definition) is 3. The Morgan fingerprint density at radius 1 is 1.40 bits per heavy atom. The maximum absolute atomic E-state index is 11.2. The van der Waals surface area contributed by atoms with Crippen LogP contribution in [0.15, 0.2) is 16.5 Å². The predicted molar refractivity (Wildman–Crippen MR) is 58.7 cm³/mol. The van der Waals surface area contributed by atoms with Gasteiger partial charge in [-0.05, 0) is 26.1 Å². The van der Waals surface area contributed by atoms with Gasteiger partial charge in [0, 0.05) is 25.9 Å². The number of furan rings is 1. The van der Waals surface area contributed by atoms with Gasteiger partial charge in [-0.2, -0.15) is 0 Å². The van der Waals surface area contributed by atoms with Crippen LogP contribution >= 0.6 is 0 Å². The normalized spacial score (nSPS) is 10.3. The van der Waals surface area contributed by atoms with E-state index in [9.17, 15) is 4.79 Å². The molecular formula is C11H18N2O2. The van der Waals surface area contributed by atoms with Crippen LogP contribution in [0.3, 0.4) is 0 Å². The summed E-state index contributed by atoms with van der Waals surface area (Å²) in [7, 11) is 1.83. The monoisotopic (exact) mass is 210 g/mol. The van der Waals surface area contributed by atoms with E-state index in [1.807, 2.05) is 26.1 Å². The molecule has 0 radical (unpaired) electrons. The van der Waals surface area contributed by atoms with Gasteiger partial charge in [0.05, 0.1) is 0 Å². The summed E-state index contributed by atoms with van der Waals surface area (Å²) in [4.78, 5) is 11.2. The minimum atomic E-state index is 0.0765. The predicted octanol–water partition coefficient (Wildman–Crippen LogP) is 0.856. The Bertz CT molecular complexity index is 307. The minimum absolute atomic E-state index is 0.0765. The van der Waals surface area contributed by atoms with Gasteiger partial charge in [0.1, 0.15) is 11.5 Å². The average molecular weight is 210 g/mol. The summed E-state index contributed by atoms with van der Waals surface area (Å²) >= 11 is 0. The number of rotatable bonds is 6. The van der Waals surface area contributed by atoms with Crippen molar-refractivity contribution in [2.75, 3.05) is 20.1 Å². The van der Waals surface area contributed by atoms with Gasteiger partial charge in [-0.15, -0.1) is 0 Å². The molecule has 0 unspecified atom stereocenters. The van der Waals surface area contributed by atoms with Crippen LogP contribution in [-0.4, -0.2) is 26.0 Å². The summed E-state index contributed by atoms with van der Waals surface area (Å²) in [6, 6.07) is 3.87. The highest BCUT2D eigenvalue weighted by atomic mass is 16.3. The third-order valence-corrected chi connectivity index (χ3v) is 2.09. The van der Waals surface area contributed by atoms with E-state index in [-0.39, 0.29) is 5.91 Å². The number of amides is 1. The van der Waals surface area contributed by atoms with Crippen LogP contribution in [0.5, 0.6) is 0 Å². The van der Waals surface area contributed by atoms with Crippen LogP contribution in [0.2, 0.25) is 0 Å². The zero-order chi connectivity index (χ0) is 11.1. The van der Waals surface area contributed by atoms with Crippen LogP contribution in [-0.2, 0) is 11.2 Å². The van der Waals surface area contributed by atoms with E-state index in [1.54, 1.807) is 0 Å². The van der Waals surface area contributed by atoms with Crippen molar-refractivity contribution < 1.29 is 9.21 Å².